The van der Waals surface area contributed by atoms with Gasteiger partial charge in [-0.25, -0.2) is 4.39 Å². The number of ether oxygens (including phenoxy) is 1. The minimum absolute atomic E-state index is 0.263. The van der Waals surface area contributed by atoms with Crippen molar-refractivity contribution in [2.45, 2.75) is 12.6 Å². The Morgan fingerprint density at radius 2 is 2.11 bits per heavy atom. The Hall–Kier alpha value is -2.30. The van der Waals surface area contributed by atoms with E-state index in [1.165, 1.54) is 6.07 Å². The third-order valence-corrected chi connectivity index (χ3v) is 2.08. The number of benzene rings is 1. The summed E-state index contributed by atoms with van der Waals surface area (Å²) in [5.41, 5.74) is -1.82. The van der Waals surface area contributed by atoms with Crippen LogP contribution in [0.5, 0.6) is 5.75 Å². The Morgan fingerprint density at radius 3 is 2.58 bits per heavy atom. The lowest BCUT2D eigenvalue weighted by Gasteiger charge is -2.16. The van der Waals surface area contributed by atoms with Gasteiger partial charge in [-0.2, -0.15) is 18.4 Å². The highest BCUT2D eigenvalue weighted by Gasteiger charge is 2.36. The molecule has 0 aliphatic carbocycles. The summed E-state index contributed by atoms with van der Waals surface area (Å²) in [4.78, 5) is 11.2. The number of nitrogens with zero attached hydrogens (tertiary/aromatic N) is 1. The van der Waals surface area contributed by atoms with Crippen molar-refractivity contribution in [2.75, 3.05) is 12.4 Å². The van der Waals surface area contributed by atoms with Gasteiger partial charge in [0.1, 0.15) is 17.8 Å². The van der Waals surface area contributed by atoms with Gasteiger partial charge in [0.05, 0.1) is 18.9 Å². The fourth-order valence-electron chi connectivity index (χ4n) is 1.38. The molecule has 0 saturated carbocycles. The van der Waals surface area contributed by atoms with Gasteiger partial charge >= 0.3 is 6.18 Å². The van der Waals surface area contributed by atoms with Gasteiger partial charge in [-0.3, -0.25) is 4.79 Å². The summed E-state index contributed by atoms with van der Waals surface area (Å²) in [6.07, 6.45) is -5.40. The Kier molecular flexibility index (Phi) is 4.32. The van der Waals surface area contributed by atoms with Crippen LogP contribution in [0.2, 0.25) is 0 Å². The van der Waals surface area contributed by atoms with Crippen LogP contribution >= 0.6 is 0 Å². The minimum atomic E-state index is -4.83. The molecule has 0 heterocycles. The van der Waals surface area contributed by atoms with Crippen molar-refractivity contribution in [2.24, 2.45) is 0 Å². The van der Waals surface area contributed by atoms with Crippen LogP contribution in [0.4, 0.5) is 23.2 Å². The molecule has 0 aliphatic heterocycles. The minimum Gasteiger partial charge on any atom is -0.494 e. The second-order valence-corrected chi connectivity index (χ2v) is 3.41. The summed E-state index contributed by atoms with van der Waals surface area (Å²) in [5.74, 6) is -2.75. The molecule has 0 radical (unpaired) electrons. The summed E-state index contributed by atoms with van der Waals surface area (Å²) in [5, 5.41) is 10.3. The number of rotatable bonds is 3. The topological polar surface area (TPSA) is 62.1 Å². The number of hydrogen-bond acceptors (Lipinski definition) is 3. The summed E-state index contributed by atoms with van der Waals surface area (Å²) < 4.78 is 55.7. The molecule has 1 rings (SSSR count). The second-order valence-electron chi connectivity index (χ2n) is 3.41. The summed E-state index contributed by atoms with van der Waals surface area (Å²) in [7, 11) is 0.961. The first kappa shape index (κ1) is 14.8. The highest BCUT2D eigenvalue weighted by Crippen LogP contribution is 2.41. The average Bonchev–Trinajstić information content (AvgIpc) is 2.27. The molecular formula is C11H8F4N2O2. The van der Waals surface area contributed by atoms with Crippen molar-refractivity contribution < 1.29 is 27.1 Å². The maximum Gasteiger partial charge on any atom is 0.420 e. The standard InChI is InChI=1S/C11H8F4N2O2/c1-19-10-7(11(13,14)15)4-6(12)5-8(10)17-9(18)2-3-16/h4-5H,2H2,1H3,(H,17,18). The molecule has 8 heteroatoms. The maximum atomic E-state index is 13.1. The Balaban J connectivity index is 3.28. The van der Waals surface area contributed by atoms with E-state index in [1.54, 1.807) is 0 Å². The second kappa shape index (κ2) is 5.56. The number of carbonyl (C=O) groups is 1. The number of hydrogen-bond donors (Lipinski definition) is 1. The van der Waals surface area contributed by atoms with Crippen LogP contribution in [0.15, 0.2) is 12.1 Å². The van der Waals surface area contributed by atoms with E-state index in [4.69, 9.17) is 5.26 Å². The van der Waals surface area contributed by atoms with Crippen LogP contribution in [0, 0.1) is 17.1 Å². The number of amides is 1. The van der Waals surface area contributed by atoms with Crippen LogP contribution in [0.25, 0.3) is 0 Å². The first-order valence-corrected chi connectivity index (χ1v) is 4.91. The zero-order chi connectivity index (χ0) is 14.6. The number of alkyl halides is 3. The molecule has 0 fully saturated rings. The van der Waals surface area contributed by atoms with Gasteiger partial charge in [-0.15, -0.1) is 0 Å². The molecule has 1 amide bonds. The molecule has 1 aromatic rings. The third-order valence-electron chi connectivity index (χ3n) is 2.08. The molecule has 0 aromatic heterocycles. The lowest BCUT2D eigenvalue weighted by molar-refractivity contribution is -0.139. The van der Waals surface area contributed by atoms with E-state index >= 15 is 0 Å². The van der Waals surface area contributed by atoms with Gasteiger partial charge in [0, 0.05) is 6.07 Å². The number of carbonyl (C=O) groups excluding carboxylic acids is 1. The molecule has 4 nitrogen and oxygen atoms in total. The SMILES string of the molecule is COc1c(NC(=O)CC#N)cc(F)cc1C(F)(F)F. The van der Waals surface area contributed by atoms with Crippen LogP contribution in [-0.4, -0.2) is 13.0 Å². The third kappa shape index (κ3) is 3.58. The number of nitrogens with one attached hydrogen (secondary N) is 1. The van der Waals surface area contributed by atoms with Crippen LogP contribution in [0.1, 0.15) is 12.0 Å². The van der Waals surface area contributed by atoms with Crippen LogP contribution in [-0.2, 0) is 11.0 Å². The predicted molar refractivity (Wildman–Crippen MR) is 56.8 cm³/mol. The van der Waals surface area contributed by atoms with E-state index in [1.807, 2.05) is 5.32 Å². The van der Waals surface area contributed by atoms with Gasteiger partial charge < -0.3 is 10.1 Å². The van der Waals surface area contributed by atoms with E-state index in [9.17, 15) is 22.4 Å². The molecule has 0 saturated heterocycles. The Labute approximate surface area is 105 Å². The van der Waals surface area contributed by atoms with E-state index < -0.39 is 41.3 Å². The van der Waals surface area contributed by atoms with Gasteiger partial charge in [-0.1, -0.05) is 0 Å². The van der Waals surface area contributed by atoms with Crippen LogP contribution < -0.4 is 10.1 Å². The quantitative estimate of drug-likeness (QED) is 0.863. The van der Waals surface area contributed by atoms with Crippen molar-refractivity contribution in [3.05, 3.63) is 23.5 Å². The summed E-state index contributed by atoms with van der Waals surface area (Å²) in [6, 6.07) is 2.46. The first-order valence-electron chi connectivity index (χ1n) is 4.91. The van der Waals surface area contributed by atoms with E-state index in [0.29, 0.717) is 6.07 Å². The molecule has 0 unspecified atom stereocenters. The molecule has 102 valence electrons. The summed E-state index contributed by atoms with van der Waals surface area (Å²) >= 11 is 0. The van der Waals surface area contributed by atoms with E-state index in [-0.39, 0.29) is 6.07 Å². The molecule has 0 atom stereocenters. The maximum absolute atomic E-state index is 13.1. The van der Waals surface area contributed by atoms with Gasteiger partial charge in [0.15, 0.2) is 5.75 Å². The zero-order valence-electron chi connectivity index (χ0n) is 9.64. The Bertz CT molecular complexity index is 535. The number of methoxy groups -OCH3 is 1. The van der Waals surface area contributed by atoms with E-state index in [2.05, 4.69) is 4.74 Å². The predicted octanol–water partition coefficient (Wildman–Crippen LogP) is 2.71. The van der Waals surface area contributed by atoms with Crippen molar-refractivity contribution >= 4 is 11.6 Å². The molecule has 1 N–H and O–H groups in total. The van der Waals surface area contributed by atoms with Gasteiger partial charge in [0.25, 0.3) is 0 Å². The number of nitriles is 1. The fraction of sp³-hybridized carbons (Fsp3) is 0.273. The Morgan fingerprint density at radius 1 is 1.47 bits per heavy atom. The molecule has 0 aliphatic rings. The lowest BCUT2D eigenvalue weighted by atomic mass is 10.1. The monoisotopic (exact) mass is 276 g/mol. The highest BCUT2D eigenvalue weighted by atomic mass is 19.4. The first-order chi connectivity index (χ1) is 8.79. The van der Waals surface area contributed by atoms with E-state index in [0.717, 1.165) is 7.11 Å². The van der Waals surface area contributed by atoms with Crippen LogP contribution in [0.3, 0.4) is 0 Å². The largest absolute Gasteiger partial charge is 0.494 e. The molecular weight excluding hydrogens is 268 g/mol. The fourth-order valence-corrected chi connectivity index (χ4v) is 1.38. The van der Waals surface area contributed by atoms with Crippen molar-refractivity contribution in [1.82, 2.24) is 0 Å². The van der Waals surface area contributed by atoms with Crippen molar-refractivity contribution in [1.29, 1.82) is 5.26 Å². The van der Waals surface area contributed by atoms with Crippen molar-refractivity contribution in [3.63, 3.8) is 0 Å². The lowest BCUT2D eigenvalue weighted by Crippen LogP contribution is -2.15. The smallest absolute Gasteiger partial charge is 0.420 e. The summed E-state index contributed by atoms with van der Waals surface area (Å²) in [6.45, 7) is 0. The zero-order valence-corrected chi connectivity index (χ0v) is 9.64. The number of anilines is 1. The molecule has 0 bridgehead atoms. The normalized spacial score (nSPS) is 10.7. The molecule has 19 heavy (non-hydrogen) atoms. The highest BCUT2D eigenvalue weighted by molar-refractivity contribution is 5.93. The average molecular weight is 276 g/mol. The number of halogens is 4. The van der Waals surface area contributed by atoms with Gasteiger partial charge in [-0.05, 0) is 6.07 Å². The van der Waals surface area contributed by atoms with Gasteiger partial charge in [0.2, 0.25) is 5.91 Å². The molecule has 1 aromatic carbocycles. The van der Waals surface area contributed by atoms with Crippen molar-refractivity contribution in [3.8, 4) is 11.8 Å². The molecule has 0 spiro atoms.